The highest BCUT2D eigenvalue weighted by Gasteiger charge is 2.11. The maximum absolute atomic E-state index is 12.1. The molecule has 2 aromatic carbocycles. The van der Waals surface area contributed by atoms with E-state index in [1.807, 2.05) is 0 Å². The maximum atomic E-state index is 12.1. The normalized spacial score (nSPS) is 10.3. The van der Waals surface area contributed by atoms with E-state index in [-0.39, 0.29) is 19.1 Å². The van der Waals surface area contributed by atoms with Crippen LogP contribution in [-0.2, 0) is 22.7 Å². The molecule has 0 saturated heterocycles. The summed E-state index contributed by atoms with van der Waals surface area (Å²) < 4.78 is 16.7. The fraction of sp³-hybridized carbons (Fsp3) is 0.200. The van der Waals surface area contributed by atoms with E-state index in [1.165, 1.54) is 4.68 Å². The van der Waals surface area contributed by atoms with E-state index in [4.69, 9.17) is 14.2 Å². The molecule has 0 unspecified atom stereocenters. The van der Waals surface area contributed by atoms with Gasteiger partial charge < -0.3 is 19.5 Å². The summed E-state index contributed by atoms with van der Waals surface area (Å²) in [5, 5.41) is 10.5. The Morgan fingerprint density at radius 2 is 1.59 bits per heavy atom. The number of benzene rings is 2. The van der Waals surface area contributed by atoms with Crippen LogP contribution in [0.4, 0.5) is 5.69 Å². The standard InChI is InChI=1S/C20H20N4O5/c1-27-17-7-3-14(4-8-17)20(26)29-13-16-11-24(23-22-16)12-19(25)21-15-5-9-18(28-2)10-6-15/h3-11H,12-13H2,1-2H3,(H,21,25). The third-order valence-corrected chi connectivity index (χ3v) is 3.94. The van der Waals surface area contributed by atoms with Crippen LogP contribution in [0.15, 0.2) is 54.7 Å². The molecule has 1 heterocycles. The molecule has 0 fully saturated rings. The zero-order valence-electron chi connectivity index (χ0n) is 16.0. The van der Waals surface area contributed by atoms with Gasteiger partial charge in [-0.1, -0.05) is 5.21 Å². The molecule has 0 spiro atoms. The summed E-state index contributed by atoms with van der Waals surface area (Å²) in [6, 6.07) is 13.6. The van der Waals surface area contributed by atoms with Gasteiger partial charge in [-0.2, -0.15) is 0 Å². The van der Waals surface area contributed by atoms with Gasteiger partial charge in [0, 0.05) is 5.69 Å². The molecule has 0 atom stereocenters. The summed E-state index contributed by atoms with van der Waals surface area (Å²) >= 11 is 0. The fourth-order valence-corrected chi connectivity index (χ4v) is 2.45. The van der Waals surface area contributed by atoms with Crippen molar-refractivity contribution in [3.8, 4) is 11.5 Å². The van der Waals surface area contributed by atoms with Gasteiger partial charge in [0.25, 0.3) is 0 Å². The molecular formula is C20H20N4O5. The van der Waals surface area contributed by atoms with Crippen molar-refractivity contribution in [2.75, 3.05) is 19.5 Å². The Balaban J connectivity index is 1.49. The number of carbonyl (C=O) groups excluding carboxylic acids is 2. The molecule has 0 aliphatic carbocycles. The van der Waals surface area contributed by atoms with Crippen LogP contribution in [0.3, 0.4) is 0 Å². The zero-order chi connectivity index (χ0) is 20.6. The number of methoxy groups -OCH3 is 2. The third-order valence-electron chi connectivity index (χ3n) is 3.94. The van der Waals surface area contributed by atoms with Gasteiger partial charge in [-0.3, -0.25) is 4.79 Å². The van der Waals surface area contributed by atoms with Gasteiger partial charge in [0.1, 0.15) is 30.3 Å². The average Bonchev–Trinajstić information content (AvgIpc) is 3.19. The molecular weight excluding hydrogens is 376 g/mol. The van der Waals surface area contributed by atoms with Crippen molar-refractivity contribution >= 4 is 17.6 Å². The van der Waals surface area contributed by atoms with Gasteiger partial charge in [0.15, 0.2) is 0 Å². The van der Waals surface area contributed by atoms with Crippen molar-refractivity contribution in [1.29, 1.82) is 0 Å². The third kappa shape index (κ3) is 5.55. The smallest absolute Gasteiger partial charge is 0.338 e. The summed E-state index contributed by atoms with van der Waals surface area (Å²) in [4.78, 5) is 24.2. The lowest BCUT2D eigenvalue weighted by molar-refractivity contribution is -0.116. The van der Waals surface area contributed by atoms with Crippen LogP contribution in [0.5, 0.6) is 11.5 Å². The molecule has 150 valence electrons. The minimum absolute atomic E-state index is 0.0224. The predicted molar refractivity (Wildman–Crippen MR) is 104 cm³/mol. The van der Waals surface area contributed by atoms with Gasteiger partial charge in [-0.15, -0.1) is 5.10 Å². The van der Waals surface area contributed by atoms with Crippen molar-refractivity contribution in [1.82, 2.24) is 15.0 Å². The number of ether oxygens (including phenoxy) is 3. The lowest BCUT2D eigenvalue weighted by Crippen LogP contribution is -2.19. The van der Waals surface area contributed by atoms with Crippen molar-refractivity contribution < 1.29 is 23.8 Å². The van der Waals surface area contributed by atoms with Crippen LogP contribution in [0.2, 0.25) is 0 Å². The molecule has 0 aliphatic heterocycles. The van der Waals surface area contributed by atoms with Crippen LogP contribution >= 0.6 is 0 Å². The number of rotatable bonds is 8. The molecule has 1 N–H and O–H groups in total. The maximum Gasteiger partial charge on any atom is 0.338 e. The number of nitrogens with zero attached hydrogens (tertiary/aromatic N) is 3. The highest BCUT2D eigenvalue weighted by molar-refractivity contribution is 5.90. The van der Waals surface area contributed by atoms with E-state index in [2.05, 4.69) is 15.6 Å². The highest BCUT2D eigenvalue weighted by Crippen LogP contribution is 2.15. The summed E-state index contributed by atoms with van der Waals surface area (Å²) in [6.07, 6.45) is 1.55. The fourth-order valence-electron chi connectivity index (χ4n) is 2.45. The monoisotopic (exact) mass is 396 g/mol. The first kappa shape index (κ1) is 19.9. The molecule has 3 rings (SSSR count). The molecule has 0 aliphatic rings. The van der Waals surface area contributed by atoms with Crippen molar-refractivity contribution in [2.24, 2.45) is 0 Å². The van der Waals surface area contributed by atoms with Crippen molar-refractivity contribution in [3.05, 3.63) is 66.0 Å². The number of hydrogen-bond acceptors (Lipinski definition) is 7. The minimum atomic E-state index is -0.487. The molecule has 0 bridgehead atoms. The molecule has 0 radical (unpaired) electrons. The number of esters is 1. The Hall–Kier alpha value is -3.88. The molecule has 0 saturated carbocycles. The van der Waals surface area contributed by atoms with E-state index in [1.54, 1.807) is 68.9 Å². The van der Waals surface area contributed by atoms with E-state index in [0.717, 1.165) is 0 Å². The average molecular weight is 396 g/mol. The topological polar surface area (TPSA) is 105 Å². The first-order chi connectivity index (χ1) is 14.1. The first-order valence-corrected chi connectivity index (χ1v) is 8.71. The van der Waals surface area contributed by atoms with Crippen LogP contribution in [-0.4, -0.2) is 41.1 Å². The molecule has 9 heteroatoms. The number of anilines is 1. The van der Waals surface area contributed by atoms with E-state index >= 15 is 0 Å². The van der Waals surface area contributed by atoms with Gasteiger partial charge >= 0.3 is 5.97 Å². The van der Waals surface area contributed by atoms with Gasteiger partial charge in [0.2, 0.25) is 5.91 Å². The largest absolute Gasteiger partial charge is 0.497 e. The summed E-state index contributed by atoms with van der Waals surface area (Å²) in [5.74, 6) is 0.604. The van der Waals surface area contributed by atoms with E-state index in [9.17, 15) is 9.59 Å². The molecule has 1 aromatic heterocycles. The molecule has 3 aromatic rings. The second-order valence-corrected chi connectivity index (χ2v) is 5.99. The van der Waals surface area contributed by atoms with Gasteiger partial charge in [0.05, 0.1) is 26.0 Å². The number of nitrogens with one attached hydrogen (secondary N) is 1. The van der Waals surface area contributed by atoms with Crippen molar-refractivity contribution in [2.45, 2.75) is 13.2 Å². The summed E-state index contributed by atoms with van der Waals surface area (Å²) in [7, 11) is 3.12. The van der Waals surface area contributed by atoms with Crippen molar-refractivity contribution in [3.63, 3.8) is 0 Å². The SMILES string of the molecule is COc1ccc(NC(=O)Cn2cc(COC(=O)c3ccc(OC)cc3)nn2)cc1. The quantitative estimate of drug-likeness (QED) is 0.583. The number of aromatic nitrogens is 3. The molecule has 1 amide bonds. The molecule has 9 nitrogen and oxygen atoms in total. The number of amides is 1. The van der Waals surface area contributed by atoms with E-state index < -0.39 is 5.97 Å². The highest BCUT2D eigenvalue weighted by atomic mass is 16.5. The minimum Gasteiger partial charge on any atom is -0.497 e. The molecule has 29 heavy (non-hydrogen) atoms. The lowest BCUT2D eigenvalue weighted by atomic mass is 10.2. The Kier molecular flexibility index (Phi) is 6.41. The van der Waals surface area contributed by atoms with Crippen LogP contribution in [0, 0.1) is 0 Å². The number of hydrogen-bond donors (Lipinski definition) is 1. The lowest BCUT2D eigenvalue weighted by Gasteiger charge is -2.06. The number of carbonyl (C=O) groups is 2. The zero-order valence-corrected chi connectivity index (χ0v) is 16.0. The second-order valence-electron chi connectivity index (χ2n) is 5.99. The Morgan fingerprint density at radius 1 is 0.966 bits per heavy atom. The first-order valence-electron chi connectivity index (χ1n) is 8.71. The summed E-state index contributed by atoms with van der Waals surface area (Å²) in [6.45, 7) is -0.0730. The Labute approximate surface area is 167 Å². The Bertz CT molecular complexity index is 967. The van der Waals surface area contributed by atoms with Crippen LogP contribution in [0.1, 0.15) is 16.1 Å². The van der Waals surface area contributed by atoms with Gasteiger partial charge in [-0.05, 0) is 48.5 Å². The predicted octanol–water partition coefficient (Wildman–Crippen LogP) is 2.29. The van der Waals surface area contributed by atoms with Gasteiger partial charge in [-0.25, -0.2) is 9.48 Å². The second kappa shape index (κ2) is 9.36. The van der Waals surface area contributed by atoms with E-state index in [0.29, 0.717) is 28.4 Å². The van der Waals surface area contributed by atoms with Crippen LogP contribution in [0.25, 0.3) is 0 Å². The Morgan fingerprint density at radius 3 is 2.21 bits per heavy atom. The summed E-state index contributed by atoms with van der Waals surface area (Å²) in [5.41, 5.74) is 1.48. The van der Waals surface area contributed by atoms with Crippen LogP contribution < -0.4 is 14.8 Å².